The van der Waals surface area contributed by atoms with Crippen molar-refractivity contribution >= 4 is 11.6 Å². The molecular weight excluding hydrogens is 200 g/mol. The molecule has 0 fully saturated rings. The lowest BCUT2D eigenvalue weighted by molar-refractivity contribution is -0.114. The van der Waals surface area contributed by atoms with E-state index in [9.17, 15) is 4.79 Å². The molecular formula is C13H20N2O. The van der Waals surface area contributed by atoms with E-state index in [0.717, 1.165) is 31.5 Å². The van der Waals surface area contributed by atoms with Crippen molar-refractivity contribution in [1.82, 2.24) is 0 Å². The van der Waals surface area contributed by atoms with Gasteiger partial charge < -0.3 is 11.1 Å². The van der Waals surface area contributed by atoms with E-state index >= 15 is 0 Å². The lowest BCUT2D eigenvalue weighted by Crippen LogP contribution is -2.06. The van der Waals surface area contributed by atoms with Gasteiger partial charge in [-0.3, -0.25) is 4.79 Å². The van der Waals surface area contributed by atoms with E-state index in [-0.39, 0.29) is 5.91 Å². The molecule has 0 heterocycles. The van der Waals surface area contributed by atoms with Crippen molar-refractivity contribution in [2.75, 3.05) is 11.9 Å². The van der Waals surface area contributed by atoms with Crippen molar-refractivity contribution in [3.05, 3.63) is 29.3 Å². The summed E-state index contributed by atoms with van der Waals surface area (Å²) < 4.78 is 0. The van der Waals surface area contributed by atoms with Crippen molar-refractivity contribution < 1.29 is 4.79 Å². The fourth-order valence-corrected chi connectivity index (χ4v) is 1.76. The van der Waals surface area contributed by atoms with Crippen molar-refractivity contribution in [1.29, 1.82) is 0 Å². The number of rotatable bonds is 5. The third-order valence-corrected chi connectivity index (χ3v) is 2.38. The summed E-state index contributed by atoms with van der Waals surface area (Å²) in [6.45, 7) is 4.30. The minimum Gasteiger partial charge on any atom is -0.330 e. The molecule has 1 rings (SSSR count). The Bertz CT molecular complexity index is 361. The maximum atomic E-state index is 11.0. The predicted molar refractivity (Wildman–Crippen MR) is 67.5 cm³/mol. The highest BCUT2D eigenvalue weighted by molar-refractivity contribution is 5.88. The molecule has 3 N–H and O–H groups in total. The number of unbranched alkanes of at least 4 members (excludes halogenated alkanes) is 1. The van der Waals surface area contributed by atoms with Gasteiger partial charge in [0.15, 0.2) is 0 Å². The van der Waals surface area contributed by atoms with Crippen molar-refractivity contribution in [3.8, 4) is 0 Å². The van der Waals surface area contributed by atoms with Crippen LogP contribution >= 0.6 is 0 Å². The minimum atomic E-state index is -0.0292. The monoisotopic (exact) mass is 220 g/mol. The Balaban J connectivity index is 2.69. The lowest BCUT2D eigenvalue weighted by Gasteiger charge is -2.07. The number of hydrogen-bond donors (Lipinski definition) is 2. The van der Waals surface area contributed by atoms with Gasteiger partial charge in [-0.2, -0.15) is 0 Å². The zero-order valence-electron chi connectivity index (χ0n) is 10.0. The van der Waals surface area contributed by atoms with Crippen LogP contribution in [0.4, 0.5) is 5.69 Å². The number of anilines is 1. The third kappa shape index (κ3) is 4.45. The molecule has 0 aromatic heterocycles. The molecule has 0 saturated carbocycles. The highest BCUT2D eigenvalue weighted by Gasteiger charge is 2.00. The largest absolute Gasteiger partial charge is 0.330 e. The first-order valence-corrected chi connectivity index (χ1v) is 5.70. The number of hydrogen-bond acceptors (Lipinski definition) is 2. The van der Waals surface area contributed by atoms with Gasteiger partial charge in [-0.1, -0.05) is 6.07 Å². The molecule has 0 unspecified atom stereocenters. The Labute approximate surface area is 97.0 Å². The van der Waals surface area contributed by atoms with Crippen LogP contribution in [-0.2, 0) is 11.2 Å². The molecule has 0 aliphatic rings. The number of aryl methyl sites for hydroxylation is 2. The Morgan fingerprint density at radius 2 is 2.06 bits per heavy atom. The first-order chi connectivity index (χ1) is 7.61. The van der Waals surface area contributed by atoms with Crippen LogP contribution in [-0.4, -0.2) is 12.5 Å². The minimum absolute atomic E-state index is 0.0292. The van der Waals surface area contributed by atoms with E-state index in [0.29, 0.717) is 0 Å². The van der Waals surface area contributed by atoms with E-state index < -0.39 is 0 Å². The molecule has 0 atom stereocenters. The van der Waals surface area contributed by atoms with Crippen LogP contribution in [0.3, 0.4) is 0 Å². The van der Waals surface area contributed by atoms with Crippen LogP contribution in [0, 0.1) is 6.92 Å². The molecule has 1 amide bonds. The van der Waals surface area contributed by atoms with Crippen LogP contribution in [0.1, 0.15) is 30.9 Å². The molecule has 1 aromatic carbocycles. The first-order valence-electron chi connectivity index (χ1n) is 5.70. The zero-order valence-corrected chi connectivity index (χ0v) is 10.0. The summed E-state index contributed by atoms with van der Waals surface area (Å²) in [5, 5.41) is 2.81. The average Bonchev–Trinajstić information content (AvgIpc) is 2.16. The number of nitrogens with two attached hydrogens (primary N) is 1. The van der Waals surface area contributed by atoms with Crippen molar-refractivity contribution in [2.24, 2.45) is 5.73 Å². The molecule has 0 spiro atoms. The summed E-state index contributed by atoms with van der Waals surface area (Å²) in [7, 11) is 0. The highest BCUT2D eigenvalue weighted by Crippen LogP contribution is 2.16. The predicted octanol–water partition coefficient (Wildman–Crippen LogP) is 2.23. The number of nitrogens with one attached hydrogen (secondary N) is 1. The zero-order chi connectivity index (χ0) is 12.0. The molecule has 0 bridgehead atoms. The SMILES string of the molecule is CC(=O)Nc1cc(C)cc(CCCCN)c1. The molecule has 0 aliphatic carbocycles. The second-order valence-electron chi connectivity index (χ2n) is 4.13. The van der Waals surface area contributed by atoms with Crippen LogP contribution in [0.5, 0.6) is 0 Å². The summed E-state index contributed by atoms with van der Waals surface area (Å²) in [6, 6.07) is 6.17. The molecule has 0 radical (unpaired) electrons. The quantitative estimate of drug-likeness (QED) is 0.748. The molecule has 88 valence electrons. The van der Waals surface area contributed by atoms with E-state index in [1.807, 2.05) is 19.1 Å². The van der Waals surface area contributed by atoms with Crippen LogP contribution < -0.4 is 11.1 Å². The first kappa shape index (κ1) is 12.7. The fraction of sp³-hybridized carbons (Fsp3) is 0.462. The van der Waals surface area contributed by atoms with Gasteiger partial charge in [0.2, 0.25) is 5.91 Å². The summed E-state index contributed by atoms with van der Waals surface area (Å²) in [6.07, 6.45) is 3.16. The number of amides is 1. The summed E-state index contributed by atoms with van der Waals surface area (Å²) in [5.41, 5.74) is 8.78. The molecule has 3 nitrogen and oxygen atoms in total. The van der Waals surface area contributed by atoms with E-state index in [1.54, 1.807) is 0 Å². The van der Waals surface area contributed by atoms with Gasteiger partial charge >= 0.3 is 0 Å². The number of carbonyl (C=O) groups is 1. The van der Waals surface area contributed by atoms with Crippen molar-refractivity contribution in [2.45, 2.75) is 33.1 Å². The normalized spacial score (nSPS) is 10.2. The van der Waals surface area contributed by atoms with Gasteiger partial charge in [0.05, 0.1) is 0 Å². The molecule has 0 aliphatic heterocycles. The molecule has 0 saturated heterocycles. The molecule has 1 aromatic rings. The lowest BCUT2D eigenvalue weighted by atomic mass is 10.0. The number of benzene rings is 1. The summed E-state index contributed by atoms with van der Waals surface area (Å²) >= 11 is 0. The van der Waals surface area contributed by atoms with Gasteiger partial charge in [0.25, 0.3) is 0 Å². The van der Waals surface area contributed by atoms with Crippen LogP contribution in [0.25, 0.3) is 0 Å². The van der Waals surface area contributed by atoms with Gasteiger partial charge in [0, 0.05) is 12.6 Å². The van der Waals surface area contributed by atoms with Crippen molar-refractivity contribution in [3.63, 3.8) is 0 Å². The van der Waals surface area contributed by atoms with E-state index in [1.165, 1.54) is 18.1 Å². The summed E-state index contributed by atoms with van der Waals surface area (Å²) in [4.78, 5) is 11.0. The topological polar surface area (TPSA) is 55.1 Å². The van der Waals surface area contributed by atoms with Gasteiger partial charge in [-0.15, -0.1) is 0 Å². The fourth-order valence-electron chi connectivity index (χ4n) is 1.76. The van der Waals surface area contributed by atoms with Gasteiger partial charge in [-0.05, 0) is 56.0 Å². The standard InChI is InChI=1S/C13H20N2O/c1-10-7-12(5-3-4-6-14)9-13(8-10)15-11(2)16/h7-9H,3-6,14H2,1-2H3,(H,15,16). The van der Waals surface area contributed by atoms with E-state index in [4.69, 9.17) is 5.73 Å². The van der Waals surface area contributed by atoms with Gasteiger partial charge in [-0.25, -0.2) is 0 Å². The second-order valence-corrected chi connectivity index (χ2v) is 4.13. The van der Waals surface area contributed by atoms with Crippen LogP contribution in [0.15, 0.2) is 18.2 Å². The second kappa shape index (κ2) is 6.28. The van der Waals surface area contributed by atoms with E-state index in [2.05, 4.69) is 11.4 Å². The molecule has 3 heteroatoms. The Morgan fingerprint density at radius 3 is 2.69 bits per heavy atom. The van der Waals surface area contributed by atoms with Crippen LogP contribution in [0.2, 0.25) is 0 Å². The average molecular weight is 220 g/mol. The van der Waals surface area contributed by atoms with Gasteiger partial charge in [0.1, 0.15) is 0 Å². The Morgan fingerprint density at radius 1 is 1.31 bits per heavy atom. The number of carbonyl (C=O) groups excluding carboxylic acids is 1. The molecule has 16 heavy (non-hydrogen) atoms. The highest BCUT2D eigenvalue weighted by atomic mass is 16.1. The third-order valence-electron chi connectivity index (χ3n) is 2.38. The smallest absolute Gasteiger partial charge is 0.221 e. The maximum Gasteiger partial charge on any atom is 0.221 e. The summed E-state index contributed by atoms with van der Waals surface area (Å²) in [5.74, 6) is -0.0292. The Hall–Kier alpha value is -1.35. The Kier molecular flexibility index (Phi) is 4.99. The maximum absolute atomic E-state index is 11.0.